The van der Waals surface area contributed by atoms with E-state index < -0.39 is 21.7 Å². The van der Waals surface area contributed by atoms with Crippen molar-refractivity contribution in [3.63, 3.8) is 0 Å². The van der Waals surface area contributed by atoms with Gasteiger partial charge in [-0.3, -0.25) is 4.79 Å². The molecule has 0 bridgehead atoms. The van der Waals surface area contributed by atoms with E-state index in [1.807, 2.05) is 0 Å². The van der Waals surface area contributed by atoms with Crippen LogP contribution >= 0.6 is 0 Å². The third-order valence-electron chi connectivity index (χ3n) is 1.70. The van der Waals surface area contributed by atoms with Crippen LogP contribution in [0.25, 0.3) is 0 Å². The van der Waals surface area contributed by atoms with Gasteiger partial charge in [-0.25, -0.2) is 8.42 Å². The normalized spacial score (nSPS) is 14.0. The van der Waals surface area contributed by atoms with E-state index >= 15 is 0 Å². The Morgan fingerprint density at radius 2 is 2.00 bits per heavy atom. The van der Waals surface area contributed by atoms with Crippen LogP contribution in [-0.2, 0) is 14.6 Å². The van der Waals surface area contributed by atoms with Gasteiger partial charge in [-0.05, 0) is 19.4 Å². The molecule has 13 heavy (non-hydrogen) atoms. The molecule has 0 spiro atoms. The largest absolute Gasteiger partial charge is 0.481 e. The van der Waals surface area contributed by atoms with Crippen LogP contribution in [0.2, 0.25) is 0 Å². The van der Waals surface area contributed by atoms with E-state index in [1.54, 1.807) is 0 Å². The minimum absolute atomic E-state index is 0.0933. The average Bonchev–Trinajstić information content (AvgIpc) is 1.95. The number of hydrogen-bond acceptors (Lipinski definition) is 4. The Morgan fingerprint density at radius 3 is 2.31 bits per heavy atom. The van der Waals surface area contributed by atoms with Crippen molar-refractivity contribution < 1.29 is 18.3 Å². The molecular formula is C7H15NO4S. The first-order chi connectivity index (χ1) is 5.87. The van der Waals surface area contributed by atoms with Crippen LogP contribution in [0, 0.1) is 5.92 Å². The van der Waals surface area contributed by atoms with Gasteiger partial charge in [0.25, 0.3) is 0 Å². The Labute approximate surface area is 77.8 Å². The van der Waals surface area contributed by atoms with Crippen LogP contribution in [-0.4, -0.2) is 38.0 Å². The maximum Gasteiger partial charge on any atom is 0.306 e. The zero-order chi connectivity index (χ0) is 10.5. The predicted molar refractivity (Wildman–Crippen MR) is 49.1 cm³/mol. The Balaban J connectivity index is 4.05. The molecular weight excluding hydrogens is 194 g/mol. The number of carbonyl (C=O) groups is 1. The van der Waals surface area contributed by atoms with Crippen molar-refractivity contribution in [3.8, 4) is 0 Å². The lowest BCUT2D eigenvalue weighted by Gasteiger charge is -2.09. The van der Waals surface area contributed by atoms with E-state index in [9.17, 15) is 13.2 Å². The monoisotopic (exact) mass is 209 g/mol. The molecule has 78 valence electrons. The van der Waals surface area contributed by atoms with E-state index in [0.717, 1.165) is 6.26 Å². The van der Waals surface area contributed by atoms with Crippen LogP contribution in [0.3, 0.4) is 0 Å². The molecule has 0 aromatic heterocycles. The molecule has 0 fully saturated rings. The van der Waals surface area contributed by atoms with Gasteiger partial charge in [0.15, 0.2) is 0 Å². The first-order valence-electron chi connectivity index (χ1n) is 3.97. The molecule has 0 heterocycles. The number of rotatable bonds is 6. The minimum atomic E-state index is -3.08. The van der Waals surface area contributed by atoms with Crippen LogP contribution in [0.15, 0.2) is 0 Å². The molecule has 0 aromatic carbocycles. The molecule has 0 rings (SSSR count). The number of aliphatic carboxylic acids is 1. The summed E-state index contributed by atoms with van der Waals surface area (Å²) in [5, 5.41) is 8.65. The standard InChI is InChI=1S/C7H15NO4S/c1-13(11,12)5-3-6(2-4-8)7(9)10/h6H,2-5,8H2,1H3,(H,9,10). The Bertz CT molecular complexity index is 260. The molecule has 5 nitrogen and oxygen atoms in total. The van der Waals surface area contributed by atoms with Crippen molar-refractivity contribution in [2.45, 2.75) is 12.8 Å². The predicted octanol–water partition coefficient (Wildman–Crippen LogP) is -0.529. The van der Waals surface area contributed by atoms with Crippen LogP contribution in [0.5, 0.6) is 0 Å². The maximum absolute atomic E-state index is 10.7. The van der Waals surface area contributed by atoms with Gasteiger partial charge in [-0.2, -0.15) is 0 Å². The summed E-state index contributed by atoms with van der Waals surface area (Å²) in [4.78, 5) is 10.6. The number of carboxylic acids is 1. The van der Waals surface area contributed by atoms with Crippen molar-refractivity contribution in [1.29, 1.82) is 0 Å². The quantitative estimate of drug-likeness (QED) is 0.613. The first kappa shape index (κ1) is 12.4. The maximum atomic E-state index is 10.7. The number of carboxylic acid groups (broad SMARTS) is 1. The highest BCUT2D eigenvalue weighted by Crippen LogP contribution is 2.09. The molecule has 1 unspecified atom stereocenters. The molecule has 1 atom stereocenters. The molecule has 0 amide bonds. The summed E-state index contributed by atoms with van der Waals surface area (Å²) < 4.78 is 21.5. The van der Waals surface area contributed by atoms with Crippen molar-refractivity contribution in [2.24, 2.45) is 11.7 Å². The topological polar surface area (TPSA) is 97.5 Å². The van der Waals surface area contributed by atoms with Crippen molar-refractivity contribution >= 4 is 15.8 Å². The third kappa shape index (κ3) is 6.53. The van der Waals surface area contributed by atoms with Crippen LogP contribution in [0.1, 0.15) is 12.8 Å². The van der Waals surface area contributed by atoms with Gasteiger partial charge in [0, 0.05) is 6.26 Å². The van der Waals surface area contributed by atoms with E-state index in [2.05, 4.69) is 0 Å². The second-order valence-corrected chi connectivity index (χ2v) is 5.29. The molecule has 6 heteroatoms. The third-order valence-corrected chi connectivity index (χ3v) is 2.68. The zero-order valence-corrected chi connectivity index (χ0v) is 8.38. The van der Waals surface area contributed by atoms with Crippen molar-refractivity contribution in [1.82, 2.24) is 0 Å². The molecule has 0 radical (unpaired) electrons. The minimum Gasteiger partial charge on any atom is -0.481 e. The summed E-state index contributed by atoms with van der Waals surface area (Å²) in [6.07, 6.45) is 1.56. The molecule has 0 saturated carbocycles. The summed E-state index contributed by atoms with van der Waals surface area (Å²) in [5.74, 6) is -1.71. The fourth-order valence-corrected chi connectivity index (χ4v) is 1.66. The average molecular weight is 209 g/mol. The van der Waals surface area contributed by atoms with Gasteiger partial charge in [-0.15, -0.1) is 0 Å². The number of sulfone groups is 1. The fourth-order valence-electron chi connectivity index (χ4n) is 0.949. The number of hydrogen-bond donors (Lipinski definition) is 2. The molecule has 0 saturated heterocycles. The molecule has 0 aliphatic carbocycles. The van der Waals surface area contributed by atoms with Crippen LogP contribution in [0.4, 0.5) is 0 Å². The highest BCUT2D eigenvalue weighted by Gasteiger charge is 2.18. The summed E-state index contributed by atoms with van der Waals surface area (Å²) >= 11 is 0. The zero-order valence-electron chi connectivity index (χ0n) is 7.56. The molecule has 0 aliphatic heterocycles. The summed E-state index contributed by atoms with van der Waals surface area (Å²) in [6.45, 7) is 0.265. The molecule has 0 aliphatic rings. The lowest BCUT2D eigenvalue weighted by Crippen LogP contribution is -2.21. The highest BCUT2D eigenvalue weighted by molar-refractivity contribution is 7.90. The summed E-state index contributed by atoms with van der Waals surface area (Å²) in [6, 6.07) is 0. The van der Waals surface area contributed by atoms with Gasteiger partial charge in [0.2, 0.25) is 0 Å². The Kier molecular flexibility index (Phi) is 4.94. The molecule has 3 N–H and O–H groups in total. The number of nitrogens with two attached hydrogens (primary N) is 1. The van der Waals surface area contributed by atoms with Crippen molar-refractivity contribution in [3.05, 3.63) is 0 Å². The molecule has 0 aromatic rings. The fraction of sp³-hybridized carbons (Fsp3) is 0.857. The van der Waals surface area contributed by atoms with E-state index in [1.165, 1.54) is 0 Å². The van der Waals surface area contributed by atoms with E-state index in [0.29, 0.717) is 6.42 Å². The lowest BCUT2D eigenvalue weighted by molar-refractivity contribution is -0.141. The second kappa shape index (κ2) is 5.18. The van der Waals surface area contributed by atoms with Gasteiger partial charge in [0.1, 0.15) is 9.84 Å². The van der Waals surface area contributed by atoms with E-state index in [-0.39, 0.29) is 18.7 Å². The summed E-state index contributed by atoms with van der Waals surface area (Å²) in [5.41, 5.74) is 5.19. The van der Waals surface area contributed by atoms with E-state index in [4.69, 9.17) is 10.8 Å². The van der Waals surface area contributed by atoms with Crippen LogP contribution < -0.4 is 5.73 Å². The van der Waals surface area contributed by atoms with Gasteiger partial charge in [-0.1, -0.05) is 0 Å². The van der Waals surface area contributed by atoms with Crippen molar-refractivity contribution in [2.75, 3.05) is 18.6 Å². The Morgan fingerprint density at radius 1 is 1.46 bits per heavy atom. The summed E-state index contributed by atoms with van der Waals surface area (Å²) in [7, 11) is -3.08. The smallest absolute Gasteiger partial charge is 0.306 e. The second-order valence-electron chi connectivity index (χ2n) is 3.03. The first-order valence-corrected chi connectivity index (χ1v) is 6.03. The highest BCUT2D eigenvalue weighted by atomic mass is 32.2. The SMILES string of the molecule is CS(=O)(=O)CCC(CCN)C(=O)O. The van der Waals surface area contributed by atoms with Gasteiger partial charge >= 0.3 is 5.97 Å². The van der Waals surface area contributed by atoms with Gasteiger partial charge < -0.3 is 10.8 Å². The Hall–Kier alpha value is -0.620. The van der Waals surface area contributed by atoms with Gasteiger partial charge in [0.05, 0.1) is 11.7 Å². The lowest BCUT2D eigenvalue weighted by atomic mass is 10.0.